The molecule has 0 aliphatic rings. The summed E-state index contributed by atoms with van der Waals surface area (Å²) in [5.41, 5.74) is 5.53. The monoisotopic (exact) mass is 278 g/mol. The highest BCUT2D eigenvalue weighted by Gasteiger charge is 2.15. The molecule has 2 aromatic carbocycles. The van der Waals surface area contributed by atoms with Crippen LogP contribution in [0, 0.1) is 18.6 Å². The maximum absolute atomic E-state index is 13.5. The van der Waals surface area contributed by atoms with Gasteiger partial charge in [0.15, 0.2) is 0 Å². The van der Waals surface area contributed by atoms with Gasteiger partial charge in [-0.1, -0.05) is 6.07 Å². The second-order valence-electron chi connectivity index (χ2n) is 4.33. The lowest BCUT2D eigenvalue weighted by atomic mass is 10.1. The van der Waals surface area contributed by atoms with E-state index in [1.807, 2.05) is 0 Å². The summed E-state index contributed by atoms with van der Waals surface area (Å²) >= 11 is 0. The Balaban J connectivity index is 2.30. The predicted molar refractivity (Wildman–Crippen MR) is 71.6 cm³/mol. The van der Waals surface area contributed by atoms with E-state index in [2.05, 4.69) is 5.32 Å². The smallest absolute Gasteiger partial charge is 0.259 e. The van der Waals surface area contributed by atoms with Gasteiger partial charge in [0.2, 0.25) is 0 Å². The number of nitrogens with one attached hydrogen (secondary N) is 1. The molecule has 0 heterocycles. The minimum Gasteiger partial charge on any atom is -0.507 e. The Kier molecular flexibility index (Phi) is 3.56. The highest BCUT2D eigenvalue weighted by molar-refractivity contribution is 6.06. The molecule has 0 aliphatic heterocycles. The van der Waals surface area contributed by atoms with Crippen LogP contribution in [0.15, 0.2) is 30.3 Å². The minimum atomic E-state index is -0.948. The molecule has 2 rings (SSSR count). The summed E-state index contributed by atoms with van der Waals surface area (Å²) in [7, 11) is 0. The molecule has 0 unspecified atom stereocenters. The second kappa shape index (κ2) is 5.16. The van der Waals surface area contributed by atoms with Crippen LogP contribution in [-0.2, 0) is 0 Å². The van der Waals surface area contributed by atoms with Crippen molar-refractivity contribution in [3.63, 3.8) is 0 Å². The lowest BCUT2D eigenvalue weighted by molar-refractivity contribution is 0.102. The van der Waals surface area contributed by atoms with E-state index < -0.39 is 17.5 Å². The van der Waals surface area contributed by atoms with E-state index in [1.165, 1.54) is 12.1 Å². The van der Waals surface area contributed by atoms with Crippen LogP contribution < -0.4 is 11.1 Å². The molecule has 0 radical (unpaired) electrons. The van der Waals surface area contributed by atoms with E-state index in [4.69, 9.17) is 5.73 Å². The molecule has 0 aromatic heterocycles. The van der Waals surface area contributed by atoms with Gasteiger partial charge in [0, 0.05) is 6.07 Å². The van der Waals surface area contributed by atoms with Crippen molar-refractivity contribution >= 4 is 17.3 Å². The van der Waals surface area contributed by atoms with Crippen molar-refractivity contribution in [1.29, 1.82) is 0 Å². The normalized spacial score (nSPS) is 10.3. The van der Waals surface area contributed by atoms with Gasteiger partial charge in [-0.2, -0.15) is 0 Å². The number of phenols is 1. The fourth-order valence-electron chi connectivity index (χ4n) is 1.68. The van der Waals surface area contributed by atoms with Gasteiger partial charge in [0.05, 0.1) is 16.9 Å². The first-order valence-electron chi connectivity index (χ1n) is 5.74. The summed E-state index contributed by atoms with van der Waals surface area (Å²) in [4.78, 5) is 11.9. The quantitative estimate of drug-likeness (QED) is 0.739. The fourth-order valence-corrected chi connectivity index (χ4v) is 1.68. The molecule has 0 fully saturated rings. The van der Waals surface area contributed by atoms with E-state index in [0.29, 0.717) is 6.07 Å². The number of hydrogen-bond acceptors (Lipinski definition) is 3. The number of anilines is 2. The number of amides is 1. The van der Waals surface area contributed by atoms with Crippen molar-refractivity contribution < 1.29 is 18.7 Å². The van der Waals surface area contributed by atoms with Gasteiger partial charge in [0.1, 0.15) is 17.4 Å². The highest BCUT2D eigenvalue weighted by Crippen LogP contribution is 2.24. The highest BCUT2D eigenvalue weighted by atomic mass is 19.1. The van der Waals surface area contributed by atoms with E-state index in [0.717, 1.165) is 11.6 Å². The summed E-state index contributed by atoms with van der Waals surface area (Å²) < 4.78 is 26.5. The Hall–Kier alpha value is -2.63. The summed E-state index contributed by atoms with van der Waals surface area (Å²) in [5.74, 6) is -2.79. The third-order valence-corrected chi connectivity index (χ3v) is 2.73. The average molecular weight is 278 g/mol. The zero-order valence-electron chi connectivity index (χ0n) is 10.6. The van der Waals surface area contributed by atoms with E-state index in [9.17, 15) is 18.7 Å². The molecule has 4 nitrogen and oxygen atoms in total. The van der Waals surface area contributed by atoms with Crippen LogP contribution in [0.3, 0.4) is 0 Å². The van der Waals surface area contributed by atoms with Crippen molar-refractivity contribution in [3.05, 3.63) is 53.1 Å². The largest absolute Gasteiger partial charge is 0.507 e. The van der Waals surface area contributed by atoms with Crippen LogP contribution in [0.2, 0.25) is 0 Å². The minimum absolute atomic E-state index is 0.0158. The summed E-state index contributed by atoms with van der Waals surface area (Å²) in [5, 5.41) is 11.9. The number of hydrogen-bond donors (Lipinski definition) is 3. The van der Waals surface area contributed by atoms with Crippen molar-refractivity contribution in [3.8, 4) is 5.75 Å². The van der Waals surface area contributed by atoms with E-state index in [1.54, 1.807) is 13.0 Å². The molecular weight excluding hydrogens is 266 g/mol. The molecule has 0 bridgehead atoms. The average Bonchev–Trinajstić information content (AvgIpc) is 2.35. The molecule has 0 spiro atoms. The molecule has 2 aromatic rings. The lowest BCUT2D eigenvalue weighted by Gasteiger charge is -2.09. The van der Waals surface area contributed by atoms with Crippen molar-refractivity contribution in [1.82, 2.24) is 0 Å². The Labute approximate surface area is 113 Å². The molecule has 0 atom stereocenters. The van der Waals surface area contributed by atoms with Crippen LogP contribution in [0.1, 0.15) is 15.9 Å². The molecule has 0 saturated heterocycles. The molecule has 6 heteroatoms. The van der Waals surface area contributed by atoms with Crippen molar-refractivity contribution in [2.45, 2.75) is 6.92 Å². The summed E-state index contributed by atoms with van der Waals surface area (Å²) in [6.45, 7) is 1.75. The number of phenolic OH excluding ortho intramolecular Hbond substituents is 1. The number of aryl methyl sites for hydroxylation is 1. The topological polar surface area (TPSA) is 75.4 Å². The van der Waals surface area contributed by atoms with E-state index in [-0.39, 0.29) is 22.7 Å². The van der Waals surface area contributed by atoms with Gasteiger partial charge >= 0.3 is 0 Å². The third kappa shape index (κ3) is 2.69. The Morgan fingerprint density at radius 3 is 2.55 bits per heavy atom. The Morgan fingerprint density at radius 2 is 1.90 bits per heavy atom. The number of nitrogen functional groups attached to an aromatic ring is 1. The van der Waals surface area contributed by atoms with Gasteiger partial charge in [-0.3, -0.25) is 4.79 Å². The lowest BCUT2D eigenvalue weighted by Crippen LogP contribution is -2.14. The third-order valence-electron chi connectivity index (χ3n) is 2.73. The first-order chi connectivity index (χ1) is 9.38. The molecule has 104 valence electrons. The number of nitrogens with two attached hydrogens (primary N) is 1. The predicted octanol–water partition coefficient (Wildman–Crippen LogP) is 2.81. The molecule has 1 amide bonds. The molecule has 0 saturated carbocycles. The van der Waals surface area contributed by atoms with Gasteiger partial charge in [-0.15, -0.1) is 0 Å². The van der Waals surface area contributed by atoms with Crippen LogP contribution in [0.25, 0.3) is 0 Å². The maximum atomic E-state index is 13.5. The van der Waals surface area contributed by atoms with Gasteiger partial charge in [-0.25, -0.2) is 8.78 Å². The van der Waals surface area contributed by atoms with Crippen molar-refractivity contribution in [2.24, 2.45) is 0 Å². The number of halogens is 2. The summed E-state index contributed by atoms with van der Waals surface area (Å²) in [6.07, 6.45) is 0. The second-order valence-corrected chi connectivity index (χ2v) is 4.33. The zero-order valence-corrected chi connectivity index (χ0v) is 10.6. The molecule has 4 N–H and O–H groups in total. The zero-order chi connectivity index (χ0) is 14.9. The number of carbonyl (C=O) groups excluding carboxylic acids is 1. The van der Waals surface area contributed by atoms with Gasteiger partial charge in [0.25, 0.3) is 5.91 Å². The van der Waals surface area contributed by atoms with Crippen LogP contribution in [-0.4, -0.2) is 11.0 Å². The maximum Gasteiger partial charge on any atom is 0.259 e. The van der Waals surface area contributed by atoms with Gasteiger partial charge in [-0.05, 0) is 30.7 Å². The van der Waals surface area contributed by atoms with E-state index >= 15 is 0 Å². The molecular formula is C14H12F2N2O2. The van der Waals surface area contributed by atoms with Gasteiger partial charge < -0.3 is 16.2 Å². The van der Waals surface area contributed by atoms with Crippen LogP contribution in [0.4, 0.5) is 20.2 Å². The number of carbonyl (C=O) groups is 1. The Morgan fingerprint density at radius 1 is 1.20 bits per heavy atom. The number of benzene rings is 2. The first-order valence-corrected chi connectivity index (χ1v) is 5.74. The first kappa shape index (κ1) is 13.8. The van der Waals surface area contributed by atoms with Crippen LogP contribution in [0.5, 0.6) is 5.75 Å². The van der Waals surface area contributed by atoms with Crippen molar-refractivity contribution in [2.75, 3.05) is 11.1 Å². The molecule has 20 heavy (non-hydrogen) atoms. The summed E-state index contributed by atoms with van der Waals surface area (Å²) in [6, 6.07) is 6.01. The standard InChI is InChI=1S/C14H12F2N2O2/c1-7-2-3-8(13(19)4-7)14(20)18-12-6-11(17)9(15)5-10(12)16/h2-6,19H,17H2,1H3,(H,18,20). The SMILES string of the molecule is Cc1ccc(C(=O)Nc2cc(N)c(F)cc2F)c(O)c1. The Bertz CT molecular complexity index is 687. The fraction of sp³-hybridized carbons (Fsp3) is 0.0714. The molecule has 0 aliphatic carbocycles. The van der Waals surface area contributed by atoms with Crippen LogP contribution >= 0.6 is 0 Å². The number of aromatic hydroxyl groups is 1. The number of rotatable bonds is 2.